The number of carbonyl (C=O) groups excluding carboxylic acids is 1. The van der Waals surface area contributed by atoms with Crippen LogP contribution in [0.15, 0.2) is 23.1 Å². The molecule has 8 heteroatoms. The second kappa shape index (κ2) is 6.09. The van der Waals surface area contributed by atoms with Crippen LogP contribution in [0.5, 0.6) is 0 Å². The molecular weight excluding hydrogens is 395 g/mol. The quantitative estimate of drug-likeness (QED) is 0.709. The Kier molecular flexibility index (Phi) is 4.34. The van der Waals surface area contributed by atoms with Crippen molar-refractivity contribution in [3.05, 3.63) is 23.8 Å². The lowest BCUT2D eigenvalue weighted by Crippen LogP contribution is -2.41. The van der Waals surface area contributed by atoms with Crippen molar-refractivity contribution in [1.29, 1.82) is 0 Å². The summed E-state index contributed by atoms with van der Waals surface area (Å²) < 4.78 is 26.1. The fourth-order valence-corrected chi connectivity index (χ4v) is 6.22. The van der Waals surface area contributed by atoms with E-state index in [2.05, 4.69) is 0 Å². The third-order valence-electron chi connectivity index (χ3n) is 5.85. The Bertz CT molecular complexity index is 865. The highest BCUT2D eigenvalue weighted by molar-refractivity contribution is 7.89. The van der Waals surface area contributed by atoms with Gasteiger partial charge in [0.25, 0.3) is 0 Å². The minimum absolute atomic E-state index is 0.0846. The van der Waals surface area contributed by atoms with Gasteiger partial charge in [-0.3, -0.25) is 4.79 Å². The standard InChI is InChI=1S/C18H22Cl2N2O3S/c1-17(12-18(17,19)20)16(23)22-10-4-5-13-11-14(6-7-15(13)22)26(24,25)21-8-2-3-9-21/h6-7,11H,2-5,8-10,12H2,1H3. The summed E-state index contributed by atoms with van der Waals surface area (Å²) >= 11 is 12.4. The van der Waals surface area contributed by atoms with Crippen molar-refractivity contribution in [1.82, 2.24) is 4.31 Å². The van der Waals surface area contributed by atoms with Crippen LogP contribution in [-0.4, -0.2) is 42.6 Å². The molecule has 26 heavy (non-hydrogen) atoms. The van der Waals surface area contributed by atoms with E-state index in [1.807, 2.05) is 0 Å². The molecule has 1 amide bonds. The largest absolute Gasteiger partial charge is 0.312 e. The average Bonchev–Trinajstić information content (AvgIpc) is 2.99. The highest BCUT2D eigenvalue weighted by Gasteiger charge is 2.69. The van der Waals surface area contributed by atoms with Gasteiger partial charge in [-0.2, -0.15) is 4.31 Å². The molecule has 1 aliphatic carbocycles. The van der Waals surface area contributed by atoms with Gasteiger partial charge in [-0.25, -0.2) is 8.42 Å². The molecule has 0 spiro atoms. The van der Waals surface area contributed by atoms with E-state index in [1.165, 1.54) is 0 Å². The van der Waals surface area contributed by atoms with E-state index in [0.717, 1.165) is 36.9 Å². The number of benzene rings is 1. The number of aryl methyl sites for hydroxylation is 1. The monoisotopic (exact) mass is 416 g/mol. The SMILES string of the molecule is CC1(C(=O)N2CCCc3cc(S(=O)(=O)N4CCCC4)ccc32)CC1(Cl)Cl. The molecule has 2 aliphatic heterocycles. The maximum Gasteiger partial charge on any atom is 0.243 e. The predicted octanol–water partition coefficient (Wildman–Crippen LogP) is 3.33. The number of sulfonamides is 1. The Labute approximate surface area is 164 Å². The van der Waals surface area contributed by atoms with Crippen LogP contribution in [0, 0.1) is 5.41 Å². The highest BCUT2D eigenvalue weighted by Crippen LogP contribution is 2.64. The molecule has 1 atom stereocenters. The van der Waals surface area contributed by atoms with Gasteiger partial charge in [-0.15, -0.1) is 23.2 Å². The van der Waals surface area contributed by atoms with Crippen LogP contribution in [0.2, 0.25) is 0 Å². The number of nitrogens with zero attached hydrogens (tertiary/aromatic N) is 2. The number of anilines is 1. The van der Waals surface area contributed by atoms with Gasteiger partial charge in [-0.1, -0.05) is 0 Å². The van der Waals surface area contributed by atoms with Crippen LogP contribution in [0.25, 0.3) is 0 Å². The van der Waals surface area contributed by atoms with E-state index in [1.54, 1.807) is 34.3 Å². The van der Waals surface area contributed by atoms with Crippen LogP contribution >= 0.6 is 23.2 Å². The van der Waals surface area contributed by atoms with Crippen molar-refractivity contribution in [3.8, 4) is 0 Å². The minimum atomic E-state index is -3.46. The first-order valence-corrected chi connectivity index (χ1v) is 11.2. The van der Waals surface area contributed by atoms with Gasteiger partial charge < -0.3 is 4.90 Å². The first kappa shape index (κ1) is 18.5. The fraction of sp³-hybridized carbons (Fsp3) is 0.611. The minimum Gasteiger partial charge on any atom is -0.312 e. The number of carbonyl (C=O) groups is 1. The summed E-state index contributed by atoms with van der Waals surface area (Å²) in [6.45, 7) is 3.55. The van der Waals surface area contributed by atoms with Crippen LogP contribution in [-0.2, 0) is 21.2 Å². The molecule has 1 unspecified atom stereocenters. The van der Waals surface area contributed by atoms with E-state index >= 15 is 0 Å². The molecular formula is C18H22Cl2N2O3S. The zero-order valence-corrected chi connectivity index (χ0v) is 17.0. The van der Waals surface area contributed by atoms with E-state index in [0.29, 0.717) is 31.0 Å². The molecule has 3 aliphatic rings. The molecule has 1 saturated carbocycles. The van der Waals surface area contributed by atoms with Crippen LogP contribution in [0.1, 0.15) is 38.2 Å². The Hall–Kier alpha value is -0.820. The maximum absolute atomic E-state index is 13.0. The molecule has 1 aromatic carbocycles. The smallest absolute Gasteiger partial charge is 0.243 e. The van der Waals surface area contributed by atoms with Gasteiger partial charge >= 0.3 is 0 Å². The first-order valence-electron chi connectivity index (χ1n) is 9.00. The molecule has 2 fully saturated rings. The molecule has 4 rings (SSSR count). The molecule has 2 heterocycles. The molecule has 0 aromatic heterocycles. The van der Waals surface area contributed by atoms with Crippen molar-refractivity contribution in [2.24, 2.45) is 5.41 Å². The van der Waals surface area contributed by atoms with Crippen molar-refractivity contribution in [3.63, 3.8) is 0 Å². The summed E-state index contributed by atoms with van der Waals surface area (Å²) in [7, 11) is -3.46. The van der Waals surface area contributed by atoms with Gasteiger partial charge in [0.05, 0.1) is 10.3 Å². The highest BCUT2D eigenvalue weighted by atomic mass is 35.5. The van der Waals surface area contributed by atoms with Crippen molar-refractivity contribution in [2.75, 3.05) is 24.5 Å². The van der Waals surface area contributed by atoms with Crippen molar-refractivity contribution in [2.45, 2.75) is 48.3 Å². The van der Waals surface area contributed by atoms with Gasteiger partial charge in [0.1, 0.15) is 4.33 Å². The number of hydrogen-bond donors (Lipinski definition) is 0. The Morgan fingerprint density at radius 1 is 1.12 bits per heavy atom. The summed E-state index contributed by atoms with van der Waals surface area (Å²) in [5.41, 5.74) is 0.896. The third kappa shape index (κ3) is 2.77. The summed E-state index contributed by atoms with van der Waals surface area (Å²) in [6.07, 6.45) is 3.80. The lowest BCUT2D eigenvalue weighted by atomic mass is 9.99. The van der Waals surface area contributed by atoms with E-state index < -0.39 is 19.8 Å². The topological polar surface area (TPSA) is 57.7 Å². The molecule has 5 nitrogen and oxygen atoms in total. The summed E-state index contributed by atoms with van der Waals surface area (Å²) in [4.78, 5) is 15.0. The summed E-state index contributed by atoms with van der Waals surface area (Å²) in [5.74, 6) is -0.0846. The molecule has 0 N–H and O–H groups in total. The Balaban J connectivity index is 1.65. The lowest BCUT2D eigenvalue weighted by Gasteiger charge is -2.32. The Morgan fingerprint density at radius 2 is 1.77 bits per heavy atom. The van der Waals surface area contributed by atoms with Gasteiger partial charge in [0.2, 0.25) is 15.9 Å². The number of halogens is 2. The second-order valence-electron chi connectivity index (χ2n) is 7.68. The van der Waals surface area contributed by atoms with Gasteiger partial charge in [0, 0.05) is 25.3 Å². The average molecular weight is 417 g/mol. The summed E-state index contributed by atoms with van der Waals surface area (Å²) in [5, 5.41) is 0. The maximum atomic E-state index is 13.0. The molecule has 0 bridgehead atoms. The number of fused-ring (bicyclic) bond motifs is 1. The fourth-order valence-electron chi connectivity index (χ4n) is 3.95. The third-order valence-corrected chi connectivity index (χ3v) is 8.84. The van der Waals surface area contributed by atoms with E-state index in [-0.39, 0.29) is 5.91 Å². The van der Waals surface area contributed by atoms with E-state index in [4.69, 9.17) is 23.2 Å². The van der Waals surface area contributed by atoms with Crippen molar-refractivity contribution < 1.29 is 13.2 Å². The molecule has 1 aromatic rings. The molecule has 1 saturated heterocycles. The Morgan fingerprint density at radius 3 is 2.38 bits per heavy atom. The normalized spacial score (nSPS) is 28.0. The lowest BCUT2D eigenvalue weighted by molar-refractivity contribution is -0.123. The zero-order chi connectivity index (χ0) is 18.7. The van der Waals surface area contributed by atoms with Crippen molar-refractivity contribution >= 4 is 44.8 Å². The zero-order valence-electron chi connectivity index (χ0n) is 14.7. The number of alkyl halides is 2. The van der Waals surface area contributed by atoms with Crippen LogP contribution < -0.4 is 4.90 Å². The number of amides is 1. The van der Waals surface area contributed by atoms with Crippen LogP contribution in [0.3, 0.4) is 0 Å². The van der Waals surface area contributed by atoms with Crippen LogP contribution in [0.4, 0.5) is 5.69 Å². The predicted molar refractivity (Wildman–Crippen MR) is 102 cm³/mol. The number of hydrogen-bond acceptors (Lipinski definition) is 3. The number of rotatable bonds is 3. The molecule has 142 valence electrons. The van der Waals surface area contributed by atoms with E-state index in [9.17, 15) is 13.2 Å². The second-order valence-corrected chi connectivity index (χ2v) is 11.1. The summed E-state index contributed by atoms with van der Waals surface area (Å²) in [6, 6.07) is 5.10. The first-order chi connectivity index (χ1) is 12.2. The van der Waals surface area contributed by atoms with Gasteiger partial charge in [0.15, 0.2) is 0 Å². The van der Waals surface area contributed by atoms with Gasteiger partial charge in [-0.05, 0) is 62.8 Å². The molecule has 0 radical (unpaired) electrons.